The Morgan fingerprint density at radius 3 is 2.15 bits per heavy atom. The number of rotatable bonds is 10. The molecule has 0 fully saturated rings. The number of aliphatic hydroxyl groups is 1. The maximum Gasteiger partial charge on any atom is 0.184 e. The molecule has 0 atom stereocenters. The molecule has 5 aromatic rings. The first-order chi connectivity index (χ1) is 22.0. The number of benzene rings is 3. The van der Waals surface area contributed by atoms with Crippen molar-refractivity contribution < 1.29 is 34.7 Å². The summed E-state index contributed by atoms with van der Waals surface area (Å²) in [4.78, 5) is 16.5. The number of aryl methyl sites for hydroxylation is 1. The second-order valence-electron chi connectivity index (χ2n) is 12.9. The second-order valence-corrected chi connectivity index (χ2v) is 13.8. The third kappa shape index (κ3) is 9.19. The van der Waals surface area contributed by atoms with Gasteiger partial charge in [-0.05, 0) is 61.6 Å². The minimum Gasteiger partial charge on any atom is -0.512 e. The number of para-hydroxylation sites is 1. The molecule has 3 aromatic carbocycles. The summed E-state index contributed by atoms with van der Waals surface area (Å²) in [6.07, 6.45) is 6.80. The molecule has 5 rings (SSSR count). The van der Waals surface area contributed by atoms with E-state index in [1.165, 1.54) is 22.4 Å². The first-order valence-electron chi connectivity index (χ1n) is 16.5. The van der Waals surface area contributed by atoms with E-state index in [-0.39, 0.29) is 48.9 Å². The van der Waals surface area contributed by atoms with Gasteiger partial charge in [0.1, 0.15) is 5.75 Å². The fourth-order valence-corrected chi connectivity index (χ4v) is 6.95. The number of carbonyl (C=O) groups excluding carboxylic acids is 1. The molecule has 1 radical (unpaired) electrons. The number of hydrogen-bond donors (Lipinski definition) is 1. The Kier molecular flexibility index (Phi) is 14.0. The van der Waals surface area contributed by atoms with Gasteiger partial charge in [0.25, 0.3) is 0 Å². The molecule has 2 aromatic heterocycles. The number of fused-ring (bicyclic) bond motifs is 2. The van der Waals surface area contributed by atoms with E-state index in [0.29, 0.717) is 0 Å². The van der Waals surface area contributed by atoms with Crippen LogP contribution in [0.15, 0.2) is 84.8 Å². The third-order valence-electron chi connectivity index (χ3n) is 8.68. The SMILES string of the molecule is CCC(CC)C(=O)/C=C(\O)C(CC)CC.Cc1c(Oc2ccccc2)sc2c(-c3[c-]c4ccccc4c(C(C)(C)C)c3)nccc12.[Ir]. The quantitative estimate of drug-likeness (QED) is 0.0866. The predicted molar refractivity (Wildman–Crippen MR) is 195 cm³/mol. The Balaban J connectivity index is 0.000000322. The first-order valence-corrected chi connectivity index (χ1v) is 17.3. The van der Waals surface area contributed by atoms with Crippen LogP contribution in [0, 0.1) is 24.8 Å². The summed E-state index contributed by atoms with van der Waals surface area (Å²) in [5.74, 6) is 1.39. The number of pyridine rings is 1. The minimum atomic E-state index is 0. The molecule has 0 saturated carbocycles. The van der Waals surface area contributed by atoms with Crippen LogP contribution in [0.5, 0.6) is 10.8 Å². The number of thiophene rings is 1. The number of nitrogens with zero attached hydrogens (tertiary/aromatic N) is 1. The van der Waals surface area contributed by atoms with Crippen molar-refractivity contribution in [2.24, 2.45) is 11.8 Å². The Hall–Kier alpha value is -3.31. The molecule has 0 bridgehead atoms. The van der Waals surface area contributed by atoms with Gasteiger partial charge in [0.05, 0.1) is 5.76 Å². The summed E-state index contributed by atoms with van der Waals surface area (Å²) in [6.45, 7) is 17.0. The topological polar surface area (TPSA) is 59.4 Å². The molecule has 0 aliphatic carbocycles. The molecule has 0 spiro atoms. The Morgan fingerprint density at radius 1 is 0.915 bits per heavy atom. The smallest absolute Gasteiger partial charge is 0.184 e. The van der Waals surface area contributed by atoms with Gasteiger partial charge in [-0.15, -0.1) is 40.5 Å². The molecule has 251 valence electrons. The van der Waals surface area contributed by atoms with E-state index >= 15 is 0 Å². The van der Waals surface area contributed by atoms with Crippen LogP contribution in [0.4, 0.5) is 0 Å². The maximum absolute atomic E-state index is 11.7. The van der Waals surface area contributed by atoms with Gasteiger partial charge in [0.15, 0.2) is 10.8 Å². The largest absolute Gasteiger partial charge is 0.512 e. The van der Waals surface area contributed by atoms with Crippen LogP contribution in [0.3, 0.4) is 0 Å². The number of allylic oxidation sites excluding steroid dienone is 2. The monoisotopic (exact) mass is 827 g/mol. The van der Waals surface area contributed by atoms with E-state index in [9.17, 15) is 9.90 Å². The van der Waals surface area contributed by atoms with Gasteiger partial charge in [-0.25, -0.2) is 0 Å². The molecule has 2 heterocycles. The number of ether oxygens (including phenoxy) is 1. The zero-order valence-electron chi connectivity index (χ0n) is 28.9. The van der Waals surface area contributed by atoms with E-state index in [1.807, 2.05) is 64.2 Å². The molecule has 4 nitrogen and oxygen atoms in total. The van der Waals surface area contributed by atoms with Crippen molar-refractivity contribution in [2.45, 2.75) is 86.5 Å². The fraction of sp³-hybridized carbons (Fsp3) is 0.366. The van der Waals surface area contributed by atoms with Crippen LogP contribution >= 0.6 is 11.3 Å². The molecule has 1 N–H and O–H groups in total. The van der Waals surface area contributed by atoms with Crippen LogP contribution in [0.1, 0.15) is 85.3 Å². The number of ketones is 1. The van der Waals surface area contributed by atoms with Crippen molar-refractivity contribution in [3.8, 4) is 22.1 Å². The molecule has 0 aliphatic heterocycles. The molecular formula is C41H48IrNO3S-. The average Bonchev–Trinajstić information content (AvgIpc) is 3.36. The second kappa shape index (κ2) is 17.2. The van der Waals surface area contributed by atoms with E-state index in [2.05, 4.69) is 70.2 Å². The summed E-state index contributed by atoms with van der Waals surface area (Å²) >= 11 is 1.65. The molecule has 0 amide bonds. The molecule has 47 heavy (non-hydrogen) atoms. The van der Waals surface area contributed by atoms with Gasteiger partial charge in [0.2, 0.25) is 0 Å². The summed E-state index contributed by atoms with van der Waals surface area (Å²) < 4.78 is 7.35. The third-order valence-corrected chi connectivity index (χ3v) is 9.88. The Labute approximate surface area is 298 Å². The van der Waals surface area contributed by atoms with Crippen molar-refractivity contribution in [3.05, 3.63) is 102 Å². The summed E-state index contributed by atoms with van der Waals surface area (Å²) in [6, 6.07) is 26.4. The number of hydrogen-bond acceptors (Lipinski definition) is 5. The zero-order chi connectivity index (χ0) is 33.4. The van der Waals surface area contributed by atoms with E-state index in [4.69, 9.17) is 9.72 Å². The molecular weight excluding hydrogens is 779 g/mol. The van der Waals surface area contributed by atoms with Crippen molar-refractivity contribution in [1.29, 1.82) is 0 Å². The van der Waals surface area contributed by atoms with Gasteiger partial charge >= 0.3 is 0 Å². The van der Waals surface area contributed by atoms with Crippen molar-refractivity contribution >= 4 is 38.0 Å². The standard InChI is InChI=1S/C28H24NOS.C13H24O2.Ir/c1-18-22-14-15-29-25(26(22)31-27(18)30-21-11-6-5-7-12-21)20-16-19-10-8-9-13-23(19)24(17-20)28(2,3)4;1-5-10(6-2)12(14)9-13(15)11(7-3)8-4;/h5-15,17H,1-4H3;9-11,14H,5-8H2,1-4H3;/q-1;;/b;12-9-;. The number of carbonyl (C=O) groups is 1. The van der Waals surface area contributed by atoms with Crippen molar-refractivity contribution in [2.75, 3.05) is 0 Å². The zero-order valence-corrected chi connectivity index (χ0v) is 32.2. The molecule has 0 saturated heterocycles. The number of aromatic nitrogens is 1. The predicted octanol–water partition coefficient (Wildman–Crippen LogP) is 12.2. The van der Waals surface area contributed by atoms with Crippen LogP contribution in [-0.4, -0.2) is 15.9 Å². The van der Waals surface area contributed by atoms with Crippen LogP contribution in [-0.2, 0) is 30.3 Å². The minimum absolute atomic E-state index is 0. The molecule has 0 unspecified atom stereocenters. The summed E-state index contributed by atoms with van der Waals surface area (Å²) in [7, 11) is 0. The van der Waals surface area contributed by atoms with Gasteiger partial charge in [0, 0.05) is 60.2 Å². The van der Waals surface area contributed by atoms with Crippen LogP contribution < -0.4 is 4.74 Å². The van der Waals surface area contributed by atoms with Crippen LogP contribution in [0.25, 0.3) is 32.1 Å². The van der Waals surface area contributed by atoms with E-state index in [0.717, 1.165) is 63.4 Å². The van der Waals surface area contributed by atoms with Gasteiger partial charge < -0.3 is 9.84 Å². The summed E-state index contributed by atoms with van der Waals surface area (Å²) in [5, 5.41) is 14.2. The Morgan fingerprint density at radius 2 is 1.53 bits per heavy atom. The van der Waals surface area contributed by atoms with Gasteiger partial charge in [-0.3, -0.25) is 9.78 Å². The fourth-order valence-electron chi connectivity index (χ4n) is 5.77. The van der Waals surface area contributed by atoms with E-state index < -0.39 is 0 Å². The normalized spacial score (nSPS) is 11.8. The van der Waals surface area contributed by atoms with Crippen molar-refractivity contribution in [3.63, 3.8) is 0 Å². The average molecular weight is 827 g/mol. The summed E-state index contributed by atoms with van der Waals surface area (Å²) in [5.41, 5.74) is 4.46. The van der Waals surface area contributed by atoms with Gasteiger partial charge in [-0.1, -0.05) is 95.8 Å². The molecule has 6 heteroatoms. The van der Waals surface area contributed by atoms with Crippen LogP contribution in [0.2, 0.25) is 0 Å². The first kappa shape index (κ1) is 38.1. The van der Waals surface area contributed by atoms with Crippen molar-refractivity contribution in [1.82, 2.24) is 4.98 Å². The Bertz CT molecular complexity index is 1790. The maximum atomic E-state index is 11.7. The van der Waals surface area contributed by atoms with E-state index in [1.54, 1.807) is 11.3 Å². The van der Waals surface area contributed by atoms with Gasteiger partial charge in [-0.2, -0.15) is 0 Å². The number of aliphatic hydroxyl groups excluding tert-OH is 1. The molecule has 0 aliphatic rings.